The van der Waals surface area contributed by atoms with Crippen molar-refractivity contribution in [3.63, 3.8) is 0 Å². The van der Waals surface area contributed by atoms with E-state index in [9.17, 15) is 0 Å². The average molecular weight is 206 g/mol. The van der Waals surface area contributed by atoms with E-state index in [1.165, 1.54) is 0 Å². The van der Waals surface area contributed by atoms with E-state index in [1.807, 2.05) is 0 Å². The van der Waals surface area contributed by atoms with E-state index >= 15 is 0 Å². The zero-order valence-corrected chi connectivity index (χ0v) is 9.55. The Morgan fingerprint density at radius 1 is 1.54 bits per heavy atom. The number of hydrogen-bond donors (Lipinski definition) is 0. The highest BCUT2D eigenvalue weighted by Crippen LogP contribution is 2.14. The van der Waals surface area contributed by atoms with Crippen molar-refractivity contribution in [2.45, 2.75) is 32.9 Å². The molecule has 1 fully saturated rings. The fourth-order valence-corrected chi connectivity index (χ4v) is 1.88. The van der Waals surface area contributed by atoms with Gasteiger partial charge < -0.3 is 4.74 Å². The lowest BCUT2D eigenvalue weighted by atomic mass is 10.1. The van der Waals surface area contributed by atoms with Crippen molar-refractivity contribution in [2.75, 3.05) is 25.6 Å². The van der Waals surface area contributed by atoms with Gasteiger partial charge in [-0.3, -0.25) is 4.90 Å². The summed E-state index contributed by atoms with van der Waals surface area (Å²) in [7, 11) is 0. The minimum absolute atomic E-state index is 0.233. The molecule has 0 aromatic rings. The number of morpholine rings is 1. The Bertz CT molecular complexity index is 152. The highest BCUT2D eigenvalue weighted by atomic mass is 35.5. The van der Waals surface area contributed by atoms with Crippen LogP contribution in [0.15, 0.2) is 0 Å². The molecule has 13 heavy (non-hydrogen) atoms. The average Bonchev–Trinajstić information content (AvgIpc) is 2.08. The fourth-order valence-electron chi connectivity index (χ4n) is 1.69. The molecule has 0 aromatic carbocycles. The molecule has 1 aliphatic heterocycles. The van der Waals surface area contributed by atoms with Crippen LogP contribution in [0.2, 0.25) is 0 Å². The molecule has 0 N–H and O–H groups in total. The smallest absolute Gasteiger partial charge is 0.0837 e. The molecular weight excluding hydrogens is 186 g/mol. The van der Waals surface area contributed by atoms with Gasteiger partial charge in [-0.05, 0) is 12.8 Å². The van der Waals surface area contributed by atoms with Crippen molar-refractivity contribution in [1.29, 1.82) is 0 Å². The number of rotatable bonds is 3. The molecule has 1 aliphatic rings. The molecule has 2 atom stereocenters. The monoisotopic (exact) mass is 205 g/mol. The van der Waals surface area contributed by atoms with Gasteiger partial charge in [0, 0.05) is 25.0 Å². The van der Waals surface area contributed by atoms with Gasteiger partial charge in [-0.15, -0.1) is 11.6 Å². The predicted octanol–water partition coefficient (Wildman–Crippen LogP) is 1.97. The largest absolute Gasteiger partial charge is 0.374 e. The molecule has 1 rings (SSSR count). The summed E-state index contributed by atoms with van der Waals surface area (Å²) in [4.78, 5) is 2.47. The standard InChI is InChI=1S/C10H20ClNO/c1-8(2)5-12-6-10(4-11)13-7-9(12)3/h8-10H,4-7H2,1-3H3. The molecule has 78 valence electrons. The van der Waals surface area contributed by atoms with Crippen LogP contribution in [-0.4, -0.2) is 42.6 Å². The zero-order valence-electron chi connectivity index (χ0n) is 8.79. The maximum atomic E-state index is 5.78. The first-order chi connectivity index (χ1) is 6.13. The Hall–Kier alpha value is 0.210. The summed E-state index contributed by atoms with van der Waals surface area (Å²) in [6.45, 7) is 9.67. The molecule has 0 radical (unpaired) electrons. The van der Waals surface area contributed by atoms with Crippen LogP contribution in [0.3, 0.4) is 0 Å². The van der Waals surface area contributed by atoms with Gasteiger partial charge in [-0.2, -0.15) is 0 Å². The molecular formula is C10H20ClNO. The topological polar surface area (TPSA) is 12.5 Å². The molecule has 0 spiro atoms. The molecule has 2 unspecified atom stereocenters. The number of halogens is 1. The minimum atomic E-state index is 0.233. The van der Waals surface area contributed by atoms with Crippen LogP contribution in [0.5, 0.6) is 0 Å². The second-order valence-electron chi connectivity index (χ2n) is 4.31. The summed E-state index contributed by atoms with van der Waals surface area (Å²) in [5.41, 5.74) is 0. The van der Waals surface area contributed by atoms with E-state index < -0.39 is 0 Å². The van der Waals surface area contributed by atoms with Gasteiger partial charge in [0.1, 0.15) is 0 Å². The van der Waals surface area contributed by atoms with Crippen molar-refractivity contribution in [2.24, 2.45) is 5.92 Å². The van der Waals surface area contributed by atoms with Gasteiger partial charge in [-0.25, -0.2) is 0 Å². The Morgan fingerprint density at radius 3 is 2.77 bits per heavy atom. The van der Waals surface area contributed by atoms with E-state index in [-0.39, 0.29) is 6.10 Å². The SMILES string of the molecule is CC(C)CN1CC(CCl)OCC1C. The van der Waals surface area contributed by atoms with Gasteiger partial charge in [0.05, 0.1) is 12.7 Å². The minimum Gasteiger partial charge on any atom is -0.374 e. The Kier molecular flexibility index (Phi) is 4.50. The highest BCUT2D eigenvalue weighted by molar-refractivity contribution is 6.18. The molecule has 0 bridgehead atoms. The predicted molar refractivity (Wildman–Crippen MR) is 56.3 cm³/mol. The van der Waals surface area contributed by atoms with Crippen molar-refractivity contribution >= 4 is 11.6 Å². The van der Waals surface area contributed by atoms with Crippen LogP contribution in [-0.2, 0) is 4.74 Å². The second-order valence-corrected chi connectivity index (χ2v) is 4.62. The lowest BCUT2D eigenvalue weighted by molar-refractivity contribution is -0.0511. The summed E-state index contributed by atoms with van der Waals surface area (Å²) in [5.74, 6) is 1.33. The third kappa shape index (κ3) is 3.45. The molecule has 0 aromatic heterocycles. The molecule has 3 heteroatoms. The first kappa shape index (κ1) is 11.3. The summed E-state index contributed by atoms with van der Waals surface area (Å²) in [5, 5.41) is 0. The first-order valence-corrected chi connectivity index (χ1v) is 5.58. The summed E-state index contributed by atoms with van der Waals surface area (Å²) in [6.07, 6.45) is 0.233. The van der Waals surface area contributed by atoms with Crippen molar-refractivity contribution in [1.82, 2.24) is 4.90 Å². The molecule has 0 amide bonds. The van der Waals surface area contributed by atoms with Crippen LogP contribution in [0.4, 0.5) is 0 Å². The normalized spacial score (nSPS) is 31.2. The lowest BCUT2D eigenvalue weighted by Gasteiger charge is -2.38. The molecule has 1 saturated heterocycles. The van der Waals surface area contributed by atoms with E-state index in [1.54, 1.807) is 0 Å². The highest BCUT2D eigenvalue weighted by Gasteiger charge is 2.25. The van der Waals surface area contributed by atoms with Crippen LogP contribution in [0.1, 0.15) is 20.8 Å². The van der Waals surface area contributed by atoms with Crippen LogP contribution >= 0.6 is 11.6 Å². The van der Waals surface area contributed by atoms with Gasteiger partial charge in [-0.1, -0.05) is 13.8 Å². The van der Waals surface area contributed by atoms with E-state index in [0.29, 0.717) is 11.9 Å². The third-order valence-corrected chi connectivity index (χ3v) is 2.75. The van der Waals surface area contributed by atoms with Crippen LogP contribution in [0.25, 0.3) is 0 Å². The maximum Gasteiger partial charge on any atom is 0.0837 e. The fraction of sp³-hybridized carbons (Fsp3) is 1.00. The Labute approximate surface area is 86.2 Å². The quantitative estimate of drug-likeness (QED) is 0.654. The third-order valence-electron chi connectivity index (χ3n) is 2.41. The van der Waals surface area contributed by atoms with Gasteiger partial charge in [0.2, 0.25) is 0 Å². The van der Waals surface area contributed by atoms with Crippen molar-refractivity contribution < 1.29 is 4.74 Å². The van der Waals surface area contributed by atoms with Crippen molar-refractivity contribution in [3.8, 4) is 0 Å². The number of nitrogens with zero attached hydrogens (tertiary/aromatic N) is 1. The number of alkyl halides is 1. The van der Waals surface area contributed by atoms with E-state index in [4.69, 9.17) is 16.3 Å². The Morgan fingerprint density at radius 2 is 2.23 bits per heavy atom. The van der Waals surface area contributed by atoms with Gasteiger partial charge in [0.15, 0.2) is 0 Å². The zero-order chi connectivity index (χ0) is 9.84. The molecule has 2 nitrogen and oxygen atoms in total. The van der Waals surface area contributed by atoms with Crippen molar-refractivity contribution in [3.05, 3.63) is 0 Å². The molecule has 0 aliphatic carbocycles. The first-order valence-electron chi connectivity index (χ1n) is 5.05. The van der Waals surface area contributed by atoms with Gasteiger partial charge >= 0.3 is 0 Å². The van der Waals surface area contributed by atoms with Crippen LogP contribution < -0.4 is 0 Å². The number of hydrogen-bond acceptors (Lipinski definition) is 2. The van der Waals surface area contributed by atoms with E-state index in [0.717, 1.165) is 25.6 Å². The number of ether oxygens (including phenoxy) is 1. The second kappa shape index (κ2) is 5.18. The molecule has 1 heterocycles. The molecule has 0 saturated carbocycles. The van der Waals surface area contributed by atoms with Crippen LogP contribution in [0, 0.1) is 5.92 Å². The summed E-state index contributed by atoms with van der Waals surface area (Å²) in [6, 6.07) is 0.543. The Balaban J connectivity index is 2.40. The summed E-state index contributed by atoms with van der Waals surface area (Å²) < 4.78 is 5.58. The maximum absolute atomic E-state index is 5.78. The lowest BCUT2D eigenvalue weighted by Crippen LogP contribution is -2.50. The van der Waals surface area contributed by atoms with E-state index in [2.05, 4.69) is 25.7 Å². The van der Waals surface area contributed by atoms with Gasteiger partial charge in [0.25, 0.3) is 0 Å². The summed E-state index contributed by atoms with van der Waals surface area (Å²) >= 11 is 5.78.